The van der Waals surface area contributed by atoms with Crippen LogP contribution in [0, 0.1) is 17.1 Å². The Labute approximate surface area is 133 Å². The highest BCUT2D eigenvalue weighted by Gasteiger charge is 2.12. The van der Waals surface area contributed by atoms with Gasteiger partial charge in [0.05, 0.1) is 15.7 Å². The summed E-state index contributed by atoms with van der Waals surface area (Å²) in [4.78, 5) is 0. The number of aryl methyl sites for hydroxylation is 1. The highest BCUT2D eigenvalue weighted by Crippen LogP contribution is 2.31. The SMILES string of the molecule is CCc1cc(Br)ccc1Nc1ccc(C#N)c(Br)c1F. The molecule has 2 aromatic rings. The number of halogens is 3. The van der Waals surface area contributed by atoms with Gasteiger partial charge in [-0.2, -0.15) is 5.26 Å². The molecule has 1 N–H and O–H groups in total. The van der Waals surface area contributed by atoms with Crippen molar-refractivity contribution in [3.05, 3.63) is 56.2 Å². The van der Waals surface area contributed by atoms with Gasteiger partial charge in [-0.05, 0) is 58.2 Å². The third kappa shape index (κ3) is 3.02. The molecule has 0 aliphatic rings. The molecule has 0 unspecified atom stereocenters. The van der Waals surface area contributed by atoms with E-state index >= 15 is 0 Å². The fraction of sp³-hybridized carbons (Fsp3) is 0.133. The summed E-state index contributed by atoms with van der Waals surface area (Å²) in [5.41, 5.74) is 2.55. The van der Waals surface area contributed by atoms with Gasteiger partial charge < -0.3 is 5.32 Å². The van der Waals surface area contributed by atoms with Crippen LogP contribution in [-0.2, 0) is 6.42 Å². The third-order valence-corrected chi connectivity index (χ3v) is 4.19. The Morgan fingerprint density at radius 3 is 2.55 bits per heavy atom. The maximum absolute atomic E-state index is 14.2. The van der Waals surface area contributed by atoms with E-state index in [1.54, 1.807) is 12.1 Å². The van der Waals surface area contributed by atoms with Gasteiger partial charge in [0.1, 0.15) is 6.07 Å². The van der Waals surface area contributed by atoms with Crippen LogP contribution >= 0.6 is 31.9 Å². The second-order valence-corrected chi connectivity index (χ2v) is 5.89. The van der Waals surface area contributed by atoms with Crippen molar-refractivity contribution in [2.24, 2.45) is 0 Å². The minimum Gasteiger partial charge on any atom is -0.353 e. The van der Waals surface area contributed by atoms with Crippen molar-refractivity contribution >= 4 is 43.2 Å². The number of hydrogen-bond acceptors (Lipinski definition) is 2. The molecule has 0 spiro atoms. The van der Waals surface area contributed by atoms with Crippen molar-refractivity contribution in [2.45, 2.75) is 13.3 Å². The lowest BCUT2D eigenvalue weighted by molar-refractivity contribution is 0.624. The predicted octanol–water partition coefficient (Wildman–Crippen LogP) is 5.53. The maximum Gasteiger partial charge on any atom is 0.162 e. The van der Waals surface area contributed by atoms with Gasteiger partial charge in [-0.3, -0.25) is 0 Å². The monoisotopic (exact) mass is 396 g/mol. The zero-order valence-corrected chi connectivity index (χ0v) is 13.8. The molecule has 0 fully saturated rings. The highest BCUT2D eigenvalue weighted by atomic mass is 79.9. The zero-order chi connectivity index (χ0) is 14.7. The lowest BCUT2D eigenvalue weighted by Gasteiger charge is -2.13. The first kappa shape index (κ1) is 15.0. The second kappa shape index (κ2) is 6.38. The van der Waals surface area contributed by atoms with Crippen LogP contribution in [0.15, 0.2) is 39.3 Å². The van der Waals surface area contributed by atoms with Crippen LogP contribution in [0.5, 0.6) is 0 Å². The molecule has 0 aromatic heterocycles. The van der Waals surface area contributed by atoms with Crippen LogP contribution in [0.4, 0.5) is 15.8 Å². The molecule has 20 heavy (non-hydrogen) atoms. The van der Waals surface area contributed by atoms with Crippen molar-refractivity contribution in [3.63, 3.8) is 0 Å². The van der Waals surface area contributed by atoms with Crippen LogP contribution in [0.3, 0.4) is 0 Å². The van der Waals surface area contributed by atoms with Crippen molar-refractivity contribution in [2.75, 3.05) is 5.32 Å². The number of nitrogens with one attached hydrogen (secondary N) is 1. The molecule has 0 atom stereocenters. The Kier molecular flexibility index (Phi) is 4.79. The van der Waals surface area contributed by atoms with Gasteiger partial charge in [-0.15, -0.1) is 0 Å². The highest BCUT2D eigenvalue weighted by molar-refractivity contribution is 9.10. The van der Waals surface area contributed by atoms with Crippen molar-refractivity contribution in [1.29, 1.82) is 5.26 Å². The molecule has 0 aliphatic carbocycles. The lowest BCUT2D eigenvalue weighted by atomic mass is 10.1. The van der Waals surface area contributed by atoms with Gasteiger partial charge in [-0.25, -0.2) is 4.39 Å². The predicted molar refractivity (Wildman–Crippen MR) is 85.6 cm³/mol. The third-order valence-electron chi connectivity index (χ3n) is 2.92. The number of nitriles is 1. The molecule has 0 saturated carbocycles. The molecule has 102 valence electrons. The van der Waals surface area contributed by atoms with Gasteiger partial charge in [0, 0.05) is 10.2 Å². The number of benzene rings is 2. The van der Waals surface area contributed by atoms with Crippen LogP contribution in [0.25, 0.3) is 0 Å². The lowest BCUT2D eigenvalue weighted by Crippen LogP contribution is -1.99. The standard InChI is InChI=1S/C15H11Br2FN2/c1-2-9-7-11(16)4-6-12(9)20-13-5-3-10(8-19)14(17)15(13)18/h3-7,20H,2H2,1H3. The Hall–Kier alpha value is -1.38. The van der Waals surface area contributed by atoms with Crippen LogP contribution < -0.4 is 5.32 Å². The summed E-state index contributed by atoms with van der Waals surface area (Å²) < 4.78 is 15.3. The summed E-state index contributed by atoms with van der Waals surface area (Å²) in [6, 6.07) is 10.9. The summed E-state index contributed by atoms with van der Waals surface area (Å²) >= 11 is 6.53. The molecule has 0 aliphatic heterocycles. The van der Waals surface area contributed by atoms with E-state index in [2.05, 4.69) is 37.2 Å². The molecular formula is C15H11Br2FN2. The summed E-state index contributed by atoms with van der Waals surface area (Å²) in [6.45, 7) is 2.04. The Morgan fingerprint density at radius 2 is 1.90 bits per heavy atom. The first-order valence-corrected chi connectivity index (χ1v) is 7.59. The maximum atomic E-state index is 14.2. The summed E-state index contributed by atoms with van der Waals surface area (Å²) in [5, 5.41) is 11.9. The fourth-order valence-electron chi connectivity index (χ4n) is 1.85. The van der Waals surface area contributed by atoms with E-state index in [0.29, 0.717) is 5.69 Å². The second-order valence-electron chi connectivity index (χ2n) is 4.18. The van der Waals surface area contributed by atoms with Gasteiger partial charge in [-0.1, -0.05) is 22.9 Å². The molecule has 5 heteroatoms. The minimum absolute atomic E-state index is 0.181. The topological polar surface area (TPSA) is 35.8 Å². The summed E-state index contributed by atoms with van der Waals surface area (Å²) in [7, 11) is 0. The van der Waals surface area contributed by atoms with Gasteiger partial charge in [0.15, 0.2) is 5.82 Å². The van der Waals surface area contributed by atoms with Gasteiger partial charge in [0.2, 0.25) is 0 Å². The van der Waals surface area contributed by atoms with E-state index in [0.717, 1.165) is 22.1 Å². The molecule has 0 heterocycles. The Morgan fingerprint density at radius 1 is 1.20 bits per heavy atom. The molecule has 0 bridgehead atoms. The van der Waals surface area contributed by atoms with Crippen LogP contribution in [-0.4, -0.2) is 0 Å². The van der Waals surface area contributed by atoms with Crippen molar-refractivity contribution < 1.29 is 4.39 Å². The van der Waals surface area contributed by atoms with E-state index < -0.39 is 5.82 Å². The summed E-state index contributed by atoms with van der Waals surface area (Å²) in [6.07, 6.45) is 0.834. The average molecular weight is 398 g/mol. The Bertz CT molecular complexity index is 693. The number of hydrogen-bond donors (Lipinski definition) is 1. The summed E-state index contributed by atoms with van der Waals surface area (Å²) in [5.74, 6) is -0.464. The zero-order valence-electron chi connectivity index (χ0n) is 10.7. The van der Waals surface area contributed by atoms with Gasteiger partial charge in [0.25, 0.3) is 0 Å². The number of nitrogens with zero attached hydrogens (tertiary/aromatic N) is 1. The van der Waals surface area contributed by atoms with Gasteiger partial charge >= 0.3 is 0 Å². The van der Waals surface area contributed by atoms with Crippen LogP contribution in [0.1, 0.15) is 18.1 Å². The largest absolute Gasteiger partial charge is 0.353 e. The van der Waals surface area contributed by atoms with E-state index in [1.807, 2.05) is 31.2 Å². The first-order chi connectivity index (χ1) is 9.56. The van der Waals surface area contributed by atoms with Crippen molar-refractivity contribution in [1.82, 2.24) is 0 Å². The molecule has 2 nitrogen and oxygen atoms in total. The van der Waals surface area contributed by atoms with E-state index in [-0.39, 0.29) is 10.0 Å². The van der Waals surface area contributed by atoms with Crippen LogP contribution in [0.2, 0.25) is 0 Å². The van der Waals surface area contributed by atoms with E-state index in [4.69, 9.17) is 5.26 Å². The molecule has 2 aromatic carbocycles. The number of rotatable bonds is 3. The average Bonchev–Trinajstić information content (AvgIpc) is 2.45. The molecule has 0 radical (unpaired) electrons. The molecule has 0 amide bonds. The fourth-order valence-corrected chi connectivity index (χ4v) is 2.70. The Balaban J connectivity index is 2.41. The van der Waals surface area contributed by atoms with E-state index in [9.17, 15) is 4.39 Å². The minimum atomic E-state index is -0.464. The number of anilines is 2. The van der Waals surface area contributed by atoms with Crippen molar-refractivity contribution in [3.8, 4) is 6.07 Å². The molecule has 2 rings (SSSR count). The molecular weight excluding hydrogens is 387 g/mol. The normalized spacial score (nSPS) is 10.2. The quantitative estimate of drug-likeness (QED) is 0.739. The first-order valence-electron chi connectivity index (χ1n) is 6.00. The smallest absolute Gasteiger partial charge is 0.162 e. The van der Waals surface area contributed by atoms with E-state index in [1.165, 1.54) is 0 Å². The molecule has 0 saturated heterocycles.